The second kappa shape index (κ2) is 9.16. The molecule has 2 aromatic heterocycles. The summed E-state index contributed by atoms with van der Waals surface area (Å²) in [5.74, 6) is 1.50. The van der Waals surface area contributed by atoms with Gasteiger partial charge in [-0.2, -0.15) is 0 Å². The maximum Gasteiger partial charge on any atom is 0.289 e. The summed E-state index contributed by atoms with van der Waals surface area (Å²) in [5, 5.41) is 7.23. The fraction of sp³-hybridized carbons (Fsp3) is 0.391. The lowest BCUT2D eigenvalue weighted by atomic mass is 9.90. The van der Waals surface area contributed by atoms with Gasteiger partial charge in [-0.05, 0) is 51.0 Å². The van der Waals surface area contributed by atoms with Crippen LogP contribution >= 0.6 is 0 Å². The van der Waals surface area contributed by atoms with E-state index in [-0.39, 0.29) is 23.8 Å². The minimum absolute atomic E-state index is 0.0124. The first-order valence-electron chi connectivity index (χ1n) is 10.8. The number of furan rings is 1. The van der Waals surface area contributed by atoms with Crippen molar-refractivity contribution in [2.24, 2.45) is 10.7 Å². The zero-order chi connectivity index (χ0) is 21.8. The number of amides is 1. The Morgan fingerprint density at radius 3 is 2.87 bits per heavy atom. The van der Waals surface area contributed by atoms with Crippen LogP contribution in [-0.2, 0) is 0 Å². The topological polar surface area (TPSA) is 118 Å². The standard InChI is InChI=1S/C23H28N6O2/c1-3-25-23(30)22-27-16-11-10-14(2)13-15(16)21(29-22)28-18-8-5-4-7-17(18)26-20(24)19-9-6-12-31-19/h6,9-13,17-18H,3-5,7-8H2,1-2H3,(H2,24,26)(H,25,30)(H,27,28,29)/t17-,18+/m1/s1. The first-order valence-corrected chi connectivity index (χ1v) is 10.8. The largest absolute Gasteiger partial charge is 0.461 e. The van der Waals surface area contributed by atoms with Crippen molar-refractivity contribution in [1.82, 2.24) is 15.3 Å². The Hall–Kier alpha value is -3.42. The second-order valence-electron chi connectivity index (χ2n) is 7.87. The Labute approximate surface area is 181 Å². The van der Waals surface area contributed by atoms with E-state index in [1.54, 1.807) is 12.3 Å². The number of nitrogens with zero attached hydrogens (tertiary/aromatic N) is 3. The number of nitrogens with two attached hydrogens (primary N) is 1. The predicted molar refractivity (Wildman–Crippen MR) is 121 cm³/mol. The molecule has 4 N–H and O–H groups in total. The van der Waals surface area contributed by atoms with Crippen LogP contribution in [0.1, 0.15) is 54.5 Å². The van der Waals surface area contributed by atoms with Gasteiger partial charge in [0, 0.05) is 18.0 Å². The number of carbonyl (C=O) groups excluding carboxylic acids is 1. The lowest BCUT2D eigenvalue weighted by molar-refractivity contribution is 0.0946. The van der Waals surface area contributed by atoms with E-state index in [9.17, 15) is 4.79 Å². The number of rotatable bonds is 6. The van der Waals surface area contributed by atoms with Crippen LogP contribution in [0.3, 0.4) is 0 Å². The molecule has 0 unspecified atom stereocenters. The van der Waals surface area contributed by atoms with Gasteiger partial charge in [0.15, 0.2) is 11.6 Å². The van der Waals surface area contributed by atoms with Gasteiger partial charge < -0.3 is 20.8 Å². The molecular weight excluding hydrogens is 392 g/mol. The molecule has 3 aromatic rings. The molecule has 4 rings (SSSR count). The number of hydrogen-bond donors (Lipinski definition) is 3. The summed E-state index contributed by atoms with van der Waals surface area (Å²) in [4.78, 5) is 26.2. The molecule has 1 fully saturated rings. The maximum atomic E-state index is 12.4. The molecule has 162 valence electrons. The highest BCUT2D eigenvalue weighted by Gasteiger charge is 2.27. The van der Waals surface area contributed by atoms with Crippen LogP contribution in [0, 0.1) is 6.92 Å². The monoisotopic (exact) mass is 420 g/mol. The number of carbonyl (C=O) groups is 1. The van der Waals surface area contributed by atoms with E-state index in [1.807, 2.05) is 38.1 Å². The zero-order valence-electron chi connectivity index (χ0n) is 17.9. The highest BCUT2D eigenvalue weighted by molar-refractivity contribution is 5.97. The van der Waals surface area contributed by atoms with Crippen LogP contribution in [-0.4, -0.2) is 40.3 Å². The molecule has 0 radical (unpaired) electrons. The van der Waals surface area contributed by atoms with Gasteiger partial charge in [0.1, 0.15) is 5.82 Å². The Morgan fingerprint density at radius 2 is 2.10 bits per heavy atom. The number of fused-ring (bicyclic) bond motifs is 1. The van der Waals surface area contributed by atoms with Crippen LogP contribution in [0.2, 0.25) is 0 Å². The third kappa shape index (κ3) is 4.68. The van der Waals surface area contributed by atoms with E-state index in [0.29, 0.717) is 24.0 Å². The van der Waals surface area contributed by atoms with Crippen molar-refractivity contribution in [1.29, 1.82) is 0 Å². The molecule has 0 spiro atoms. The molecule has 2 atom stereocenters. The molecule has 2 heterocycles. The number of amidine groups is 1. The van der Waals surface area contributed by atoms with Crippen LogP contribution in [0.5, 0.6) is 0 Å². The van der Waals surface area contributed by atoms with E-state index in [0.717, 1.165) is 42.1 Å². The average Bonchev–Trinajstić information content (AvgIpc) is 3.30. The van der Waals surface area contributed by atoms with Gasteiger partial charge >= 0.3 is 0 Å². The third-order valence-electron chi connectivity index (χ3n) is 5.52. The zero-order valence-corrected chi connectivity index (χ0v) is 17.9. The number of aliphatic imine (C=N–C) groups is 1. The minimum atomic E-state index is -0.284. The van der Waals surface area contributed by atoms with Gasteiger partial charge in [-0.1, -0.05) is 24.5 Å². The summed E-state index contributed by atoms with van der Waals surface area (Å²) in [6.07, 6.45) is 5.63. The van der Waals surface area contributed by atoms with Crippen LogP contribution < -0.4 is 16.4 Å². The van der Waals surface area contributed by atoms with Crippen molar-refractivity contribution >= 4 is 28.5 Å². The summed E-state index contributed by atoms with van der Waals surface area (Å²) in [6, 6.07) is 9.59. The van der Waals surface area contributed by atoms with Gasteiger partial charge in [0.2, 0.25) is 5.82 Å². The average molecular weight is 421 g/mol. The molecule has 0 aliphatic heterocycles. The molecule has 8 heteroatoms. The molecular formula is C23H28N6O2. The maximum absolute atomic E-state index is 12.4. The molecule has 0 saturated heterocycles. The van der Waals surface area contributed by atoms with Crippen LogP contribution in [0.4, 0.5) is 5.82 Å². The van der Waals surface area contributed by atoms with E-state index in [1.165, 1.54) is 0 Å². The van der Waals surface area contributed by atoms with E-state index in [2.05, 4.69) is 20.6 Å². The molecule has 1 amide bonds. The minimum Gasteiger partial charge on any atom is -0.461 e. The van der Waals surface area contributed by atoms with Crippen molar-refractivity contribution < 1.29 is 9.21 Å². The van der Waals surface area contributed by atoms with Crippen molar-refractivity contribution in [3.63, 3.8) is 0 Å². The number of hydrogen-bond acceptors (Lipinski definition) is 6. The number of nitrogens with one attached hydrogen (secondary N) is 2. The summed E-state index contributed by atoms with van der Waals surface area (Å²) in [7, 11) is 0. The van der Waals surface area contributed by atoms with Crippen LogP contribution in [0.25, 0.3) is 10.9 Å². The Bertz CT molecular complexity index is 1090. The van der Waals surface area contributed by atoms with Crippen molar-refractivity contribution in [2.75, 3.05) is 11.9 Å². The Morgan fingerprint density at radius 1 is 1.26 bits per heavy atom. The summed E-state index contributed by atoms with van der Waals surface area (Å²) < 4.78 is 5.38. The molecule has 0 bridgehead atoms. The number of anilines is 1. The van der Waals surface area contributed by atoms with Gasteiger partial charge in [-0.3, -0.25) is 9.79 Å². The molecule has 8 nitrogen and oxygen atoms in total. The van der Waals surface area contributed by atoms with E-state index >= 15 is 0 Å². The molecule has 1 saturated carbocycles. The lowest BCUT2D eigenvalue weighted by Crippen LogP contribution is -2.37. The van der Waals surface area contributed by atoms with Gasteiger partial charge in [-0.25, -0.2) is 9.97 Å². The van der Waals surface area contributed by atoms with Crippen molar-refractivity contribution in [2.45, 2.75) is 51.6 Å². The predicted octanol–water partition coefficient (Wildman–Crippen LogP) is 3.41. The highest BCUT2D eigenvalue weighted by atomic mass is 16.3. The third-order valence-corrected chi connectivity index (χ3v) is 5.52. The van der Waals surface area contributed by atoms with E-state index in [4.69, 9.17) is 15.1 Å². The summed E-state index contributed by atoms with van der Waals surface area (Å²) >= 11 is 0. The number of aryl methyl sites for hydroxylation is 1. The molecule has 1 aliphatic carbocycles. The first kappa shape index (κ1) is 20.8. The lowest BCUT2D eigenvalue weighted by Gasteiger charge is -2.30. The van der Waals surface area contributed by atoms with Crippen molar-refractivity contribution in [3.05, 3.63) is 53.7 Å². The first-order chi connectivity index (χ1) is 15.0. The molecule has 1 aromatic carbocycles. The van der Waals surface area contributed by atoms with Gasteiger partial charge in [0.05, 0.1) is 17.8 Å². The SMILES string of the molecule is CCNC(=O)c1nc(N[C@H]2CCCC[C@H]2N=C(N)c2ccco2)c2cc(C)ccc2n1. The van der Waals surface area contributed by atoms with Crippen LogP contribution in [0.15, 0.2) is 46.0 Å². The summed E-state index contributed by atoms with van der Waals surface area (Å²) in [5.41, 5.74) is 8.02. The van der Waals surface area contributed by atoms with E-state index < -0.39 is 0 Å². The fourth-order valence-corrected chi connectivity index (χ4v) is 3.97. The fourth-order valence-electron chi connectivity index (χ4n) is 3.97. The highest BCUT2D eigenvalue weighted by Crippen LogP contribution is 2.28. The summed E-state index contributed by atoms with van der Waals surface area (Å²) in [6.45, 7) is 4.41. The van der Waals surface area contributed by atoms with Crippen molar-refractivity contribution in [3.8, 4) is 0 Å². The van der Waals surface area contributed by atoms with Gasteiger partial charge in [0.25, 0.3) is 5.91 Å². The number of benzene rings is 1. The molecule has 31 heavy (non-hydrogen) atoms. The smallest absolute Gasteiger partial charge is 0.289 e. The Balaban J connectivity index is 1.68. The molecule has 1 aliphatic rings. The number of aromatic nitrogens is 2. The van der Waals surface area contributed by atoms with Gasteiger partial charge in [-0.15, -0.1) is 0 Å². The second-order valence-corrected chi connectivity index (χ2v) is 7.87. The normalized spacial score (nSPS) is 19.4. The quantitative estimate of drug-likeness (QED) is 0.415. The Kier molecular flexibility index (Phi) is 6.16.